The van der Waals surface area contributed by atoms with Crippen LogP contribution >= 0.6 is 0 Å². The summed E-state index contributed by atoms with van der Waals surface area (Å²) in [5.41, 5.74) is 0.0485. The van der Waals surface area contributed by atoms with Gasteiger partial charge in [-0.1, -0.05) is 18.2 Å². The Bertz CT molecular complexity index is 1020. The average Bonchev–Trinajstić information content (AvgIpc) is 2.55. The maximum absolute atomic E-state index is 13.2. The largest absolute Gasteiger partial charge is 0.417 e. The van der Waals surface area contributed by atoms with E-state index in [1.807, 2.05) is 0 Å². The number of amides is 1. The van der Waals surface area contributed by atoms with Crippen LogP contribution in [0.4, 0.5) is 10.1 Å². The zero-order chi connectivity index (χ0) is 17.3. The molecular weight excluding hydrogens is 313 g/mol. The van der Waals surface area contributed by atoms with Gasteiger partial charge in [0.25, 0.3) is 5.91 Å². The fraction of sp³-hybridized carbons (Fsp3) is 0.0556. The van der Waals surface area contributed by atoms with Gasteiger partial charge in [0.1, 0.15) is 5.82 Å². The number of ketones is 1. The van der Waals surface area contributed by atoms with E-state index in [-0.39, 0.29) is 16.9 Å². The lowest BCUT2D eigenvalue weighted by atomic mass is 10.1. The second-order valence-electron chi connectivity index (χ2n) is 5.22. The van der Waals surface area contributed by atoms with Gasteiger partial charge in [-0.2, -0.15) is 0 Å². The van der Waals surface area contributed by atoms with Crippen LogP contribution in [-0.2, 0) is 0 Å². The predicted molar refractivity (Wildman–Crippen MR) is 86.8 cm³/mol. The molecule has 0 radical (unpaired) electrons. The number of benzene rings is 2. The maximum Gasteiger partial charge on any atom is 0.344 e. The highest BCUT2D eigenvalue weighted by molar-refractivity contribution is 6.04. The van der Waals surface area contributed by atoms with Crippen LogP contribution in [0, 0.1) is 5.82 Å². The Morgan fingerprint density at radius 3 is 2.62 bits per heavy atom. The van der Waals surface area contributed by atoms with Crippen molar-refractivity contribution in [2.75, 3.05) is 5.32 Å². The van der Waals surface area contributed by atoms with Gasteiger partial charge in [-0.25, -0.2) is 9.18 Å². The molecule has 120 valence electrons. The summed E-state index contributed by atoms with van der Waals surface area (Å²) >= 11 is 0. The fourth-order valence-corrected chi connectivity index (χ4v) is 2.28. The number of carbonyl (C=O) groups excluding carboxylic acids is 2. The SMILES string of the molecule is CC(=O)c1cccc(NC(=O)c2cc3ccc(F)cc3c(=O)o2)c1. The zero-order valence-electron chi connectivity index (χ0n) is 12.6. The van der Waals surface area contributed by atoms with Crippen molar-refractivity contribution in [3.05, 3.63) is 76.1 Å². The summed E-state index contributed by atoms with van der Waals surface area (Å²) in [5.74, 6) is -1.54. The van der Waals surface area contributed by atoms with Gasteiger partial charge in [0.05, 0.1) is 5.39 Å². The number of Topliss-reactive ketones (excluding diaryl/α,β-unsaturated/α-hetero) is 1. The van der Waals surface area contributed by atoms with Crippen molar-refractivity contribution in [3.63, 3.8) is 0 Å². The molecule has 0 saturated heterocycles. The Morgan fingerprint density at radius 1 is 1.08 bits per heavy atom. The van der Waals surface area contributed by atoms with Crippen molar-refractivity contribution >= 4 is 28.2 Å². The van der Waals surface area contributed by atoms with Gasteiger partial charge >= 0.3 is 5.63 Å². The highest BCUT2D eigenvalue weighted by Gasteiger charge is 2.13. The molecule has 3 aromatic rings. The first kappa shape index (κ1) is 15.6. The van der Waals surface area contributed by atoms with Crippen molar-refractivity contribution in [2.24, 2.45) is 0 Å². The molecule has 0 aliphatic heterocycles. The van der Waals surface area contributed by atoms with Crippen LogP contribution in [0.25, 0.3) is 10.8 Å². The van der Waals surface area contributed by atoms with Gasteiger partial charge in [0, 0.05) is 11.3 Å². The maximum atomic E-state index is 13.2. The van der Waals surface area contributed by atoms with Gasteiger partial charge < -0.3 is 9.73 Å². The lowest BCUT2D eigenvalue weighted by Crippen LogP contribution is -2.15. The monoisotopic (exact) mass is 325 g/mol. The highest BCUT2D eigenvalue weighted by Crippen LogP contribution is 2.16. The summed E-state index contributed by atoms with van der Waals surface area (Å²) in [5, 5.41) is 3.02. The number of fused-ring (bicyclic) bond motifs is 1. The normalized spacial score (nSPS) is 10.6. The van der Waals surface area contributed by atoms with Crippen LogP contribution in [0.3, 0.4) is 0 Å². The van der Waals surface area contributed by atoms with Crippen molar-refractivity contribution < 1.29 is 18.4 Å². The van der Waals surface area contributed by atoms with Crippen molar-refractivity contribution in [3.8, 4) is 0 Å². The van der Waals surface area contributed by atoms with E-state index < -0.39 is 17.3 Å². The molecule has 0 atom stereocenters. The predicted octanol–water partition coefficient (Wildman–Crippen LogP) is 3.39. The highest BCUT2D eigenvalue weighted by atomic mass is 19.1. The molecule has 24 heavy (non-hydrogen) atoms. The number of nitrogens with one attached hydrogen (secondary N) is 1. The van der Waals surface area contributed by atoms with E-state index in [0.29, 0.717) is 16.6 Å². The van der Waals surface area contributed by atoms with Crippen LogP contribution in [0.15, 0.2) is 57.7 Å². The van der Waals surface area contributed by atoms with Crippen LogP contribution < -0.4 is 10.9 Å². The molecule has 0 spiro atoms. The number of carbonyl (C=O) groups is 2. The minimum atomic E-state index is -0.797. The first-order chi connectivity index (χ1) is 11.4. The molecule has 1 amide bonds. The summed E-state index contributed by atoms with van der Waals surface area (Å²) in [6, 6.07) is 11.4. The molecule has 6 heteroatoms. The van der Waals surface area contributed by atoms with E-state index in [0.717, 1.165) is 6.07 Å². The van der Waals surface area contributed by atoms with Crippen molar-refractivity contribution in [1.82, 2.24) is 0 Å². The number of halogens is 1. The van der Waals surface area contributed by atoms with Crippen LogP contribution in [0.5, 0.6) is 0 Å². The average molecular weight is 325 g/mol. The third-order valence-electron chi connectivity index (χ3n) is 3.48. The summed E-state index contributed by atoms with van der Waals surface area (Å²) in [6.07, 6.45) is 0. The van der Waals surface area contributed by atoms with E-state index >= 15 is 0 Å². The van der Waals surface area contributed by atoms with E-state index in [1.165, 1.54) is 31.2 Å². The van der Waals surface area contributed by atoms with Gasteiger partial charge in [0.2, 0.25) is 0 Å². The number of hydrogen-bond donors (Lipinski definition) is 1. The minimum Gasteiger partial charge on any atom is -0.417 e. The Balaban J connectivity index is 1.94. The molecule has 1 aromatic heterocycles. The molecule has 5 nitrogen and oxygen atoms in total. The summed E-state index contributed by atoms with van der Waals surface area (Å²) < 4.78 is 18.1. The smallest absolute Gasteiger partial charge is 0.344 e. The standard InChI is InChI=1S/C18H12FNO4/c1-10(21)11-3-2-4-14(7-11)20-17(22)16-8-12-5-6-13(19)9-15(12)18(23)24-16/h2-9H,1H3,(H,20,22). The molecule has 0 unspecified atom stereocenters. The number of anilines is 1. The molecule has 2 aromatic carbocycles. The lowest BCUT2D eigenvalue weighted by Gasteiger charge is -2.06. The summed E-state index contributed by atoms with van der Waals surface area (Å²) in [6.45, 7) is 1.42. The van der Waals surface area contributed by atoms with E-state index in [2.05, 4.69) is 5.32 Å². The molecule has 0 saturated carbocycles. The van der Waals surface area contributed by atoms with E-state index in [4.69, 9.17) is 4.42 Å². The second-order valence-corrected chi connectivity index (χ2v) is 5.22. The van der Waals surface area contributed by atoms with Gasteiger partial charge in [-0.3, -0.25) is 9.59 Å². The first-order valence-corrected chi connectivity index (χ1v) is 7.10. The summed E-state index contributed by atoms with van der Waals surface area (Å²) in [4.78, 5) is 35.5. The molecule has 0 aliphatic rings. The summed E-state index contributed by atoms with van der Waals surface area (Å²) in [7, 11) is 0. The van der Waals surface area contributed by atoms with Gasteiger partial charge in [0.15, 0.2) is 11.5 Å². The molecule has 1 N–H and O–H groups in total. The molecule has 0 aliphatic carbocycles. The Hall–Kier alpha value is -3.28. The minimum absolute atomic E-state index is 0.0603. The van der Waals surface area contributed by atoms with Crippen LogP contribution in [0.1, 0.15) is 27.8 Å². The van der Waals surface area contributed by atoms with Gasteiger partial charge in [-0.05, 0) is 42.6 Å². The molecular formula is C18H12FNO4. The lowest BCUT2D eigenvalue weighted by molar-refractivity contribution is 0.0989. The molecule has 3 rings (SSSR count). The third-order valence-corrected chi connectivity index (χ3v) is 3.48. The van der Waals surface area contributed by atoms with Crippen molar-refractivity contribution in [2.45, 2.75) is 6.92 Å². The van der Waals surface area contributed by atoms with E-state index in [1.54, 1.807) is 18.2 Å². The Morgan fingerprint density at radius 2 is 1.88 bits per heavy atom. The number of rotatable bonds is 3. The Kier molecular flexibility index (Phi) is 3.95. The second kappa shape index (κ2) is 6.08. The quantitative estimate of drug-likeness (QED) is 0.749. The topological polar surface area (TPSA) is 76.4 Å². The first-order valence-electron chi connectivity index (χ1n) is 7.10. The Labute approximate surface area is 135 Å². The molecule has 0 fully saturated rings. The van der Waals surface area contributed by atoms with Crippen LogP contribution in [0.2, 0.25) is 0 Å². The fourth-order valence-electron chi connectivity index (χ4n) is 2.28. The van der Waals surface area contributed by atoms with Crippen LogP contribution in [-0.4, -0.2) is 11.7 Å². The van der Waals surface area contributed by atoms with Gasteiger partial charge in [-0.15, -0.1) is 0 Å². The zero-order valence-corrected chi connectivity index (χ0v) is 12.6. The number of hydrogen-bond acceptors (Lipinski definition) is 4. The molecule has 0 bridgehead atoms. The van der Waals surface area contributed by atoms with E-state index in [9.17, 15) is 18.8 Å². The third kappa shape index (κ3) is 3.08. The molecule has 1 heterocycles. The van der Waals surface area contributed by atoms with Crippen molar-refractivity contribution in [1.29, 1.82) is 0 Å².